The van der Waals surface area contributed by atoms with E-state index in [1.54, 1.807) is 12.1 Å². The second kappa shape index (κ2) is 5.97. The van der Waals surface area contributed by atoms with Crippen molar-refractivity contribution in [1.29, 1.82) is 0 Å². The Morgan fingerprint density at radius 2 is 1.70 bits per heavy atom. The maximum Gasteiger partial charge on any atom is 0.123 e. The first-order valence-corrected chi connectivity index (χ1v) is 7.93. The number of halogens is 1. The van der Waals surface area contributed by atoms with Gasteiger partial charge in [0.25, 0.3) is 0 Å². The predicted molar refractivity (Wildman–Crippen MR) is 92.2 cm³/mol. The summed E-state index contributed by atoms with van der Waals surface area (Å²) < 4.78 is 13.3. The fraction of sp³-hybridized carbons (Fsp3) is 0.211. The van der Waals surface area contributed by atoms with E-state index in [-0.39, 0.29) is 5.82 Å². The number of para-hydroxylation sites is 1. The van der Waals surface area contributed by atoms with Crippen molar-refractivity contribution in [3.63, 3.8) is 0 Å². The number of pyridine rings is 1. The number of hydrogen-bond donors (Lipinski definition) is 1. The van der Waals surface area contributed by atoms with Crippen molar-refractivity contribution in [2.45, 2.75) is 0 Å². The molecule has 4 rings (SSSR count). The SMILES string of the molecule is Fc1ccc(-c2nc3ccccc3cc2N2CCNCC2)cc1. The number of hydrogen-bond acceptors (Lipinski definition) is 3. The summed E-state index contributed by atoms with van der Waals surface area (Å²) in [7, 11) is 0. The first-order chi connectivity index (χ1) is 11.3. The van der Waals surface area contributed by atoms with Gasteiger partial charge in [0, 0.05) is 37.1 Å². The summed E-state index contributed by atoms with van der Waals surface area (Å²) in [6.07, 6.45) is 0. The van der Waals surface area contributed by atoms with Gasteiger partial charge in [-0.1, -0.05) is 18.2 Å². The van der Waals surface area contributed by atoms with Crippen LogP contribution >= 0.6 is 0 Å². The average Bonchev–Trinajstić information content (AvgIpc) is 2.62. The highest BCUT2D eigenvalue weighted by Crippen LogP contribution is 2.32. The van der Waals surface area contributed by atoms with Crippen LogP contribution in [0.3, 0.4) is 0 Å². The van der Waals surface area contributed by atoms with Gasteiger partial charge >= 0.3 is 0 Å². The van der Waals surface area contributed by atoms with Gasteiger partial charge < -0.3 is 10.2 Å². The Hall–Kier alpha value is -2.46. The van der Waals surface area contributed by atoms with E-state index < -0.39 is 0 Å². The molecule has 116 valence electrons. The maximum atomic E-state index is 13.3. The van der Waals surface area contributed by atoms with Crippen molar-refractivity contribution < 1.29 is 4.39 Å². The quantitative estimate of drug-likeness (QED) is 0.786. The van der Waals surface area contributed by atoms with Gasteiger partial charge in [0.2, 0.25) is 0 Å². The lowest BCUT2D eigenvalue weighted by Crippen LogP contribution is -2.43. The van der Waals surface area contributed by atoms with Crippen molar-refractivity contribution >= 4 is 16.6 Å². The fourth-order valence-corrected chi connectivity index (χ4v) is 3.07. The number of nitrogens with one attached hydrogen (secondary N) is 1. The number of piperazine rings is 1. The van der Waals surface area contributed by atoms with Crippen molar-refractivity contribution in [3.8, 4) is 11.3 Å². The smallest absolute Gasteiger partial charge is 0.123 e. The number of fused-ring (bicyclic) bond motifs is 1. The van der Waals surface area contributed by atoms with Gasteiger partial charge in [0.15, 0.2) is 0 Å². The normalized spacial score (nSPS) is 15.1. The second-order valence-electron chi connectivity index (χ2n) is 5.79. The van der Waals surface area contributed by atoms with E-state index in [0.717, 1.165) is 54.0 Å². The summed E-state index contributed by atoms with van der Waals surface area (Å²) in [4.78, 5) is 7.22. The van der Waals surface area contributed by atoms with Gasteiger partial charge in [-0.2, -0.15) is 0 Å². The molecule has 1 N–H and O–H groups in total. The zero-order valence-corrected chi connectivity index (χ0v) is 12.8. The number of aromatic nitrogens is 1. The minimum absolute atomic E-state index is 0.224. The molecule has 1 aromatic heterocycles. The molecule has 3 nitrogen and oxygen atoms in total. The molecule has 0 atom stereocenters. The third kappa shape index (κ3) is 2.78. The number of rotatable bonds is 2. The Bertz CT molecular complexity index is 824. The lowest BCUT2D eigenvalue weighted by atomic mass is 10.1. The Morgan fingerprint density at radius 1 is 0.957 bits per heavy atom. The predicted octanol–water partition coefficient (Wildman–Crippen LogP) is 3.45. The number of anilines is 1. The van der Waals surface area contributed by atoms with Crippen molar-refractivity contribution in [1.82, 2.24) is 10.3 Å². The van der Waals surface area contributed by atoms with Crippen LogP contribution in [0.2, 0.25) is 0 Å². The first kappa shape index (κ1) is 14.2. The average molecular weight is 307 g/mol. The molecule has 0 spiro atoms. The highest BCUT2D eigenvalue weighted by atomic mass is 19.1. The maximum absolute atomic E-state index is 13.3. The van der Waals surface area contributed by atoms with Crippen LogP contribution in [0, 0.1) is 5.82 Å². The summed E-state index contributed by atoms with van der Waals surface area (Å²) in [6, 6.07) is 16.9. The van der Waals surface area contributed by atoms with Gasteiger partial charge in [-0.3, -0.25) is 0 Å². The zero-order valence-electron chi connectivity index (χ0n) is 12.8. The van der Waals surface area contributed by atoms with Crippen LogP contribution < -0.4 is 10.2 Å². The summed E-state index contributed by atoms with van der Waals surface area (Å²) >= 11 is 0. The summed E-state index contributed by atoms with van der Waals surface area (Å²) in [6.45, 7) is 3.84. The molecule has 0 saturated carbocycles. The van der Waals surface area contributed by atoms with Crippen LogP contribution in [0.15, 0.2) is 54.6 Å². The highest BCUT2D eigenvalue weighted by molar-refractivity contribution is 5.89. The molecule has 2 heterocycles. The second-order valence-corrected chi connectivity index (χ2v) is 5.79. The van der Waals surface area contributed by atoms with Crippen LogP contribution in [0.5, 0.6) is 0 Å². The molecule has 1 fully saturated rings. The molecule has 2 aromatic carbocycles. The minimum atomic E-state index is -0.224. The van der Waals surface area contributed by atoms with Crippen LogP contribution in [0.1, 0.15) is 0 Å². The van der Waals surface area contributed by atoms with Gasteiger partial charge in [0.1, 0.15) is 5.82 Å². The highest BCUT2D eigenvalue weighted by Gasteiger charge is 2.17. The van der Waals surface area contributed by atoms with E-state index >= 15 is 0 Å². The van der Waals surface area contributed by atoms with E-state index in [1.165, 1.54) is 12.1 Å². The van der Waals surface area contributed by atoms with Crippen LogP contribution in [0.25, 0.3) is 22.2 Å². The van der Waals surface area contributed by atoms with Gasteiger partial charge in [0.05, 0.1) is 16.9 Å². The summed E-state index contributed by atoms with van der Waals surface area (Å²) in [5.74, 6) is -0.224. The van der Waals surface area contributed by atoms with Gasteiger partial charge in [-0.05, 0) is 36.4 Å². The number of benzene rings is 2. The van der Waals surface area contributed by atoms with Gasteiger partial charge in [-0.25, -0.2) is 9.37 Å². The fourth-order valence-electron chi connectivity index (χ4n) is 3.07. The largest absolute Gasteiger partial charge is 0.367 e. The molecule has 23 heavy (non-hydrogen) atoms. The molecule has 0 radical (unpaired) electrons. The van der Waals surface area contributed by atoms with Gasteiger partial charge in [-0.15, -0.1) is 0 Å². The monoisotopic (exact) mass is 307 g/mol. The molecule has 1 aliphatic rings. The lowest BCUT2D eigenvalue weighted by molar-refractivity contribution is 0.589. The number of nitrogens with zero attached hydrogens (tertiary/aromatic N) is 2. The third-order valence-electron chi connectivity index (χ3n) is 4.28. The van der Waals surface area contributed by atoms with Crippen molar-refractivity contribution in [3.05, 3.63) is 60.4 Å². The first-order valence-electron chi connectivity index (χ1n) is 7.93. The molecule has 0 aliphatic carbocycles. The Kier molecular flexibility index (Phi) is 3.67. The van der Waals surface area contributed by atoms with E-state index in [0.29, 0.717) is 0 Å². The van der Waals surface area contributed by atoms with E-state index in [1.807, 2.05) is 18.2 Å². The summed E-state index contributed by atoms with van der Waals surface area (Å²) in [5.41, 5.74) is 3.96. The van der Waals surface area contributed by atoms with Crippen LogP contribution in [-0.4, -0.2) is 31.2 Å². The molecule has 0 bridgehead atoms. The molecule has 4 heteroatoms. The molecule has 1 aliphatic heterocycles. The van der Waals surface area contributed by atoms with E-state index in [9.17, 15) is 4.39 Å². The molecule has 3 aromatic rings. The minimum Gasteiger partial charge on any atom is -0.367 e. The molecular weight excluding hydrogens is 289 g/mol. The zero-order chi connectivity index (χ0) is 15.6. The molecule has 0 unspecified atom stereocenters. The topological polar surface area (TPSA) is 28.2 Å². The molecule has 0 amide bonds. The van der Waals surface area contributed by atoms with E-state index in [4.69, 9.17) is 4.98 Å². The molecule has 1 saturated heterocycles. The Morgan fingerprint density at radius 3 is 2.48 bits per heavy atom. The van der Waals surface area contributed by atoms with Crippen molar-refractivity contribution in [2.24, 2.45) is 0 Å². The molecular formula is C19H18FN3. The Balaban J connectivity index is 1.89. The van der Waals surface area contributed by atoms with Crippen LogP contribution in [-0.2, 0) is 0 Å². The van der Waals surface area contributed by atoms with E-state index in [2.05, 4.69) is 22.3 Å². The van der Waals surface area contributed by atoms with Crippen LogP contribution in [0.4, 0.5) is 10.1 Å². The Labute approximate surface area is 134 Å². The summed E-state index contributed by atoms with van der Waals surface area (Å²) in [5, 5.41) is 4.51. The van der Waals surface area contributed by atoms with Crippen molar-refractivity contribution in [2.75, 3.05) is 31.1 Å². The third-order valence-corrected chi connectivity index (χ3v) is 4.28. The standard InChI is InChI=1S/C19H18FN3/c20-16-7-5-14(6-8-16)19-18(23-11-9-21-10-12-23)13-15-3-1-2-4-17(15)22-19/h1-8,13,21H,9-12H2. The lowest BCUT2D eigenvalue weighted by Gasteiger charge is -2.31.